The third-order valence-electron chi connectivity index (χ3n) is 1.96. The van der Waals surface area contributed by atoms with E-state index in [-0.39, 0.29) is 5.97 Å². The van der Waals surface area contributed by atoms with Crippen LogP contribution >= 0.6 is 0 Å². The summed E-state index contributed by atoms with van der Waals surface area (Å²) in [5.74, 6) is -0.322. The molecule has 0 fully saturated rings. The van der Waals surface area contributed by atoms with Gasteiger partial charge in [-0.1, -0.05) is 12.1 Å². The molecule has 0 heterocycles. The summed E-state index contributed by atoms with van der Waals surface area (Å²) in [4.78, 5) is 11.2. The SMILES string of the molecule is CCOC(=O)/C=C(\C)c1cccc(N)c1. The number of esters is 1. The Bertz CT molecular complexity index is 383. The number of ether oxygens (including phenoxy) is 1. The van der Waals surface area contributed by atoms with Crippen LogP contribution in [0.15, 0.2) is 30.3 Å². The molecule has 0 atom stereocenters. The molecule has 0 spiro atoms. The second-order valence-electron chi connectivity index (χ2n) is 3.20. The van der Waals surface area contributed by atoms with Crippen molar-refractivity contribution in [1.82, 2.24) is 0 Å². The second-order valence-corrected chi connectivity index (χ2v) is 3.20. The van der Waals surface area contributed by atoms with Gasteiger partial charge in [0, 0.05) is 11.8 Å². The van der Waals surface area contributed by atoms with Crippen LogP contribution in [0.25, 0.3) is 5.57 Å². The number of hydrogen-bond acceptors (Lipinski definition) is 3. The van der Waals surface area contributed by atoms with Gasteiger partial charge in [0.15, 0.2) is 0 Å². The maximum Gasteiger partial charge on any atom is 0.331 e. The van der Waals surface area contributed by atoms with Crippen molar-refractivity contribution in [3.63, 3.8) is 0 Å². The van der Waals surface area contributed by atoms with Crippen molar-refractivity contribution < 1.29 is 9.53 Å². The highest BCUT2D eigenvalue weighted by molar-refractivity contribution is 5.91. The first kappa shape index (κ1) is 11.3. The van der Waals surface area contributed by atoms with Crippen molar-refractivity contribution in [2.75, 3.05) is 12.3 Å². The van der Waals surface area contributed by atoms with Crippen molar-refractivity contribution in [3.8, 4) is 0 Å². The Morgan fingerprint density at radius 1 is 1.53 bits per heavy atom. The van der Waals surface area contributed by atoms with Crippen LogP contribution in [0.2, 0.25) is 0 Å². The van der Waals surface area contributed by atoms with Crippen molar-refractivity contribution in [2.45, 2.75) is 13.8 Å². The van der Waals surface area contributed by atoms with Crippen molar-refractivity contribution in [3.05, 3.63) is 35.9 Å². The number of nitrogen functional groups attached to an aromatic ring is 1. The molecule has 0 aromatic heterocycles. The lowest BCUT2D eigenvalue weighted by Gasteiger charge is -2.02. The van der Waals surface area contributed by atoms with Gasteiger partial charge in [0.05, 0.1) is 6.61 Å². The van der Waals surface area contributed by atoms with E-state index >= 15 is 0 Å². The minimum atomic E-state index is -0.322. The molecule has 1 rings (SSSR count). The van der Waals surface area contributed by atoms with Crippen LogP contribution in [-0.4, -0.2) is 12.6 Å². The zero-order valence-electron chi connectivity index (χ0n) is 8.99. The van der Waals surface area contributed by atoms with Crippen LogP contribution in [0, 0.1) is 0 Å². The first-order valence-electron chi connectivity index (χ1n) is 4.84. The minimum absolute atomic E-state index is 0.322. The van der Waals surface area contributed by atoms with Crippen molar-refractivity contribution in [1.29, 1.82) is 0 Å². The van der Waals surface area contributed by atoms with Crippen LogP contribution in [0.5, 0.6) is 0 Å². The summed E-state index contributed by atoms with van der Waals surface area (Å²) in [6.07, 6.45) is 1.47. The highest BCUT2D eigenvalue weighted by Crippen LogP contribution is 2.16. The normalized spacial score (nSPS) is 11.2. The summed E-state index contributed by atoms with van der Waals surface area (Å²) in [6.45, 7) is 4.02. The standard InChI is InChI=1S/C12H15NO2/c1-3-15-12(14)7-9(2)10-5-4-6-11(13)8-10/h4-8H,3,13H2,1-2H3/b9-7+. The smallest absolute Gasteiger partial charge is 0.331 e. The highest BCUT2D eigenvalue weighted by atomic mass is 16.5. The lowest BCUT2D eigenvalue weighted by Crippen LogP contribution is -2.00. The fourth-order valence-electron chi connectivity index (χ4n) is 1.23. The molecule has 0 saturated heterocycles. The van der Waals surface area contributed by atoms with E-state index in [0.29, 0.717) is 12.3 Å². The van der Waals surface area contributed by atoms with E-state index in [1.54, 1.807) is 13.0 Å². The van der Waals surface area contributed by atoms with Crippen LogP contribution in [0.3, 0.4) is 0 Å². The van der Waals surface area contributed by atoms with Crippen LogP contribution in [0.1, 0.15) is 19.4 Å². The number of nitrogens with two attached hydrogens (primary N) is 1. The van der Waals surface area contributed by atoms with E-state index in [1.807, 2.05) is 25.1 Å². The number of hydrogen-bond donors (Lipinski definition) is 1. The molecule has 3 nitrogen and oxygen atoms in total. The van der Waals surface area contributed by atoms with Gasteiger partial charge in [-0.15, -0.1) is 0 Å². The molecule has 0 radical (unpaired) electrons. The Morgan fingerprint density at radius 3 is 2.87 bits per heavy atom. The van der Waals surface area contributed by atoms with E-state index in [2.05, 4.69) is 0 Å². The maximum atomic E-state index is 11.2. The molecule has 15 heavy (non-hydrogen) atoms. The van der Waals surface area contributed by atoms with E-state index in [4.69, 9.17) is 10.5 Å². The quantitative estimate of drug-likeness (QED) is 0.467. The lowest BCUT2D eigenvalue weighted by atomic mass is 10.1. The molecule has 1 aromatic rings. The van der Waals surface area contributed by atoms with Gasteiger partial charge in [-0.05, 0) is 37.1 Å². The summed E-state index contributed by atoms with van der Waals surface area (Å²) in [5, 5.41) is 0. The summed E-state index contributed by atoms with van der Waals surface area (Å²) in [7, 11) is 0. The first-order valence-corrected chi connectivity index (χ1v) is 4.84. The Labute approximate surface area is 89.5 Å². The molecule has 3 heteroatoms. The third kappa shape index (κ3) is 3.46. The lowest BCUT2D eigenvalue weighted by molar-refractivity contribution is -0.137. The largest absolute Gasteiger partial charge is 0.463 e. The van der Waals surface area contributed by atoms with E-state index in [9.17, 15) is 4.79 Å². The van der Waals surface area contributed by atoms with Gasteiger partial charge in [-0.25, -0.2) is 4.79 Å². The van der Waals surface area contributed by atoms with Gasteiger partial charge in [0.1, 0.15) is 0 Å². The summed E-state index contributed by atoms with van der Waals surface area (Å²) in [6, 6.07) is 7.39. The molecule has 1 aromatic carbocycles. The molecular formula is C12H15NO2. The van der Waals surface area contributed by atoms with Gasteiger partial charge in [0.2, 0.25) is 0 Å². The number of anilines is 1. The summed E-state index contributed by atoms with van der Waals surface area (Å²) >= 11 is 0. The van der Waals surface area contributed by atoms with Gasteiger partial charge >= 0.3 is 5.97 Å². The number of carbonyl (C=O) groups is 1. The number of benzene rings is 1. The van der Waals surface area contributed by atoms with Crippen LogP contribution in [0.4, 0.5) is 5.69 Å². The maximum absolute atomic E-state index is 11.2. The Kier molecular flexibility index (Phi) is 3.92. The topological polar surface area (TPSA) is 52.3 Å². The Morgan fingerprint density at radius 2 is 2.27 bits per heavy atom. The monoisotopic (exact) mass is 205 g/mol. The first-order chi connectivity index (χ1) is 7.13. The molecule has 80 valence electrons. The molecule has 0 aliphatic carbocycles. The van der Waals surface area contributed by atoms with Gasteiger partial charge in [-0.2, -0.15) is 0 Å². The molecule has 0 aliphatic heterocycles. The number of rotatable bonds is 3. The Balaban J connectivity index is 2.84. The highest BCUT2D eigenvalue weighted by Gasteiger charge is 2.00. The minimum Gasteiger partial charge on any atom is -0.463 e. The molecular weight excluding hydrogens is 190 g/mol. The summed E-state index contributed by atoms with van der Waals surface area (Å²) in [5.41, 5.74) is 8.11. The average Bonchev–Trinajstić information content (AvgIpc) is 2.18. The molecule has 0 saturated carbocycles. The fourth-order valence-corrected chi connectivity index (χ4v) is 1.23. The molecule has 0 aliphatic rings. The predicted molar refractivity (Wildman–Crippen MR) is 61.1 cm³/mol. The van der Waals surface area contributed by atoms with E-state index in [0.717, 1.165) is 11.1 Å². The van der Waals surface area contributed by atoms with Crippen molar-refractivity contribution >= 4 is 17.2 Å². The van der Waals surface area contributed by atoms with E-state index in [1.165, 1.54) is 6.08 Å². The van der Waals surface area contributed by atoms with Crippen LogP contribution < -0.4 is 5.73 Å². The predicted octanol–water partition coefficient (Wildman–Crippen LogP) is 2.24. The van der Waals surface area contributed by atoms with Gasteiger partial charge < -0.3 is 10.5 Å². The second kappa shape index (κ2) is 5.20. The molecule has 0 bridgehead atoms. The molecule has 0 unspecified atom stereocenters. The molecule has 0 amide bonds. The van der Waals surface area contributed by atoms with Gasteiger partial charge in [0.25, 0.3) is 0 Å². The number of allylic oxidation sites excluding steroid dienone is 1. The van der Waals surface area contributed by atoms with Crippen molar-refractivity contribution in [2.24, 2.45) is 0 Å². The number of carbonyl (C=O) groups excluding carboxylic acids is 1. The van der Waals surface area contributed by atoms with E-state index < -0.39 is 0 Å². The zero-order valence-corrected chi connectivity index (χ0v) is 8.99. The molecule has 2 N–H and O–H groups in total. The Hall–Kier alpha value is -1.77. The average molecular weight is 205 g/mol. The third-order valence-corrected chi connectivity index (χ3v) is 1.96. The van der Waals surface area contributed by atoms with Crippen LogP contribution in [-0.2, 0) is 9.53 Å². The van der Waals surface area contributed by atoms with Gasteiger partial charge in [-0.3, -0.25) is 0 Å². The zero-order chi connectivity index (χ0) is 11.3. The fraction of sp³-hybridized carbons (Fsp3) is 0.250. The summed E-state index contributed by atoms with van der Waals surface area (Å²) < 4.78 is 4.82.